The number of halogens is 1. The molecule has 160 valence electrons. The summed E-state index contributed by atoms with van der Waals surface area (Å²) < 4.78 is 0. The van der Waals surface area contributed by atoms with Gasteiger partial charge in [0.15, 0.2) is 0 Å². The van der Waals surface area contributed by atoms with Crippen LogP contribution in [-0.2, 0) is 16.1 Å². The second kappa shape index (κ2) is 9.51. The Bertz CT molecular complexity index is 984. The number of carbonyl (C=O) groups excluding carboxylic acids is 2. The third-order valence-corrected chi connectivity index (χ3v) is 6.25. The standard InChI is InChI=1S/C24H25ClN4O2/c25-21-6-8-22(9-7-21)29-17-20(14-23(29)30)24(31)28-11-1-10-27(12-13-28)16-19-4-2-18(15-26)3-5-19/h2-9,20H,1,10-14,16-17H2. The molecule has 0 bridgehead atoms. The van der Waals surface area contributed by atoms with E-state index >= 15 is 0 Å². The van der Waals surface area contributed by atoms with E-state index in [2.05, 4.69) is 11.0 Å². The molecule has 2 fully saturated rings. The maximum Gasteiger partial charge on any atom is 0.228 e. The van der Waals surface area contributed by atoms with Gasteiger partial charge in [-0.25, -0.2) is 0 Å². The third-order valence-electron chi connectivity index (χ3n) is 6.00. The fourth-order valence-electron chi connectivity index (χ4n) is 4.29. The average molecular weight is 437 g/mol. The van der Waals surface area contributed by atoms with Gasteiger partial charge in [0, 0.05) is 56.4 Å². The summed E-state index contributed by atoms with van der Waals surface area (Å²) in [6.45, 7) is 4.33. The minimum Gasteiger partial charge on any atom is -0.341 e. The lowest BCUT2D eigenvalue weighted by atomic mass is 10.1. The van der Waals surface area contributed by atoms with E-state index in [0.717, 1.165) is 31.7 Å². The molecule has 4 rings (SSSR count). The summed E-state index contributed by atoms with van der Waals surface area (Å²) >= 11 is 5.95. The predicted octanol–water partition coefficient (Wildman–Crippen LogP) is 3.30. The maximum atomic E-state index is 13.1. The number of hydrogen-bond acceptors (Lipinski definition) is 4. The van der Waals surface area contributed by atoms with Crippen molar-refractivity contribution in [3.8, 4) is 6.07 Å². The van der Waals surface area contributed by atoms with Gasteiger partial charge in [-0.05, 0) is 48.4 Å². The molecule has 2 aliphatic rings. The fraction of sp³-hybridized carbons (Fsp3) is 0.375. The molecule has 0 saturated carbocycles. The van der Waals surface area contributed by atoms with Gasteiger partial charge in [0.1, 0.15) is 0 Å². The van der Waals surface area contributed by atoms with Crippen LogP contribution in [0.3, 0.4) is 0 Å². The number of anilines is 1. The molecule has 7 heteroatoms. The van der Waals surface area contributed by atoms with Gasteiger partial charge in [-0.15, -0.1) is 0 Å². The largest absolute Gasteiger partial charge is 0.341 e. The van der Waals surface area contributed by atoms with Crippen molar-refractivity contribution in [2.24, 2.45) is 5.92 Å². The van der Waals surface area contributed by atoms with E-state index in [1.165, 1.54) is 5.56 Å². The van der Waals surface area contributed by atoms with E-state index < -0.39 is 0 Å². The quantitative estimate of drug-likeness (QED) is 0.737. The molecule has 2 amide bonds. The lowest BCUT2D eigenvalue weighted by Gasteiger charge is -2.24. The second-order valence-electron chi connectivity index (χ2n) is 8.15. The normalized spacial score (nSPS) is 19.9. The number of nitrogens with zero attached hydrogens (tertiary/aromatic N) is 4. The summed E-state index contributed by atoms with van der Waals surface area (Å²) in [5.41, 5.74) is 2.61. The summed E-state index contributed by atoms with van der Waals surface area (Å²) in [6.07, 6.45) is 1.16. The van der Waals surface area contributed by atoms with Crippen LogP contribution in [0.1, 0.15) is 24.0 Å². The van der Waals surface area contributed by atoms with Crippen molar-refractivity contribution < 1.29 is 9.59 Å². The van der Waals surface area contributed by atoms with Crippen LogP contribution >= 0.6 is 11.6 Å². The summed E-state index contributed by atoms with van der Waals surface area (Å²) in [7, 11) is 0. The van der Waals surface area contributed by atoms with E-state index in [-0.39, 0.29) is 24.2 Å². The van der Waals surface area contributed by atoms with E-state index in [4.69, 9.17) is 16.9 Å². The number of carbonyl (C=O) groups is 2. The van der Waals surface area contributed by atoms with Crippen LogP contribution in [0.15, 0.2) is 48.5 Å². The van der Waals surface area contributed by atoms with Crippen molar-refractivity contribution in [1.82, 2.24) is 9.80 Å². The molecular formula is C24H25ClN4O2. The van der Waals surface area contributed by atoms with Gasteiger partial charge in [0.05, 0.1) is 17.6 Å². The first kappa shape index (κ1) is 21.4. The smallest absolute Gasteiger partial charge is 0.228 e. The van der Waals surface area contributed by atoms with Crippen molar-refractivity contribution in [2.75, 3.05) is 37.6 Å². The van der Waals surface area contributed by atoms with Gasteiger partial charge in [0.25, 0.3) is 0 Å². The highest BCUT2D eigenvalue weighted by molar-refractivity contribution is 6.30. The van der Waals surface area contributed by atoms with Crippen LogP contribution in [-0.4, -0.2) is 54.3 Å². The van der Waals surface area contributed by atoms with Gasteiger partial charge < -0.3 is 9.80 Å². The zero-order chi connectivity index (χ0) is 21.8. The molecule has 0 aliphatic carbocycles. The van der Waals surface area contributed by atoms with Crippen LogP contribution in [0.2, 0.25) is 5.02 Å². The van der Waals surface area contributed by atoms with Crippen LogP contribution in [0.4, 0.5) is 5.69 Å². The van der Waals surface area contributed by atoms with E-state index in [1.54, 1.807) is 17.0 Å². The maximum absolute atomic E-state index is 13.1. The van der Waals surface area contributed by atoms with Crippen LogP contribution < -0.4 is 4.90 Å². The highest BCUT2D eigenvalue weighted by Crippen LogP contribution is 2.27. The molecule has 1 atom stereocenters. The van der Waals surface area contributed by atoms with Crippen molar-refractivity contribution in [1.29, 1.82) is 5.26 Å². The predicted molar refractivity (Wildman–Crippen MR) is 120 cm³/mol. The topological polar surface area (TPSA) is 67.6 Å². The van der Waals surface area contributed by atoms with Crippen LogP contribution in [0.25, 0.3) is 0 Å². The minimum absolute atomic E-state index is 0.0158. The van der Waals surface area contributed by atoms with E-state index in [0.29, 0.717) is 30.2 Å². The third kappa shape index (κ3) is 5.07. The SMILES string of the molecule is N#Cc1ccc(CN2CCCN(C(=O)C3CC(=O)N(c4ccc(Cl)cc4)C3)CC2)cc1. The van der Waals surface area contributed by atoms with Gasteiger partial charge in [-0.3, -0.25) is 14.5 Å². The first-order chi connectivity index (χ1) is 15.0. The number of rotatable bonds is 4. The van der Waals surface area contributed by atoms with Gasteiger partial charge in [0.2, 0.25) is 11.8 Å². The summed E-state index contributed by atoms with van der Waals surface area (Å²) in [4.78, 5) is 31.6. The Morgan fingerprint density at radius 2 is 1.77 bits per heavy atom. The molecule has 2 saturated heterocycles. The molecule has 2 aromatic carbocycles. The van der Waals surface area contributed by atoms with E-state index in [1.807, 2.05) is 41.3 Å². The average Bonchev–Trinajstić information content (AvgIpc) is 3.02. The minimum atomic E-state index is -0.298. The zero-order valence-electron chi connectivity index (χ0n) is 17.3. The van der Waals surface area contributed by atoms with Gasteiger partial charge >= 0.3 is 0 Å². The first-order valence-electron chi connectivity index (χ1n) is 10.6. The van der Waals surface area contributed by atoms with Crippen LogP contribution in [0.5, 0.6) is 0 Å². The summed E-state index contributed by atoms with van der Waals surface area (Å²) in [6, 6.07) is 17.0. The Morgan fingerprint density at radius 3 is 2.48 bits per heavy atom. The zero-order valence-corrected chi connectivity index (χ0v) is 18.1. The Morgan fingerprint density at radius 1 is 1.03 bits per heavy atom. The van der Waals surface area contributed by atoms with Crippen LogP contribution in [0, 0.1) is 17.2 Å². The van der Waals surface area contributed by atoms with Crippen molar-refractivity contribution >= 4 is 29.1 Å². The molecule has 0 aromatic heterocycles. The summed E-state index contributed by atoms with van der Waals surface area (Å²) in [5.74, 6) is -0.240. The highest BCUT2D eigenvalue weighted by Gasteiger charge is 2.37. The Kier molecular flexibility index (Phi) is 6.55. The molecule has 6 nitrogen and oxygen atoms in total. The Hall–Kier alpha value is -2.88. The van der Waals surface area contributed by atoms with Gasteiger partial charge in [-0.2, -0.15) is 5.26 Å². The fourth-order valence-corrected chi connectivity index (χ4v) is 4.42. The molecule has 1 unspecified atom stereocenters. The molecule has 2 heterocycles. The number of nitriles is 1. The molecule has 0 radical (unpaired) electrons. The van der Waals surface area contributed by atoms with Crippen molar-refractivity contribution in [3.63, 3.8) is 0 Å². The molecule has 31 heavy (non-hydrogen) atoms. The molecular weight excluding hydrogens is 412 g/mol. The summed E-state index contributed by atoms with van der Waals surface area (Å²) in [5, 5.41) is 9.56. The molecule has 0 N–H and O–H groups in total. The molecule has 2 aliphatic heterocycles. The first-order valence-corrected chi connectivity index (χ1v) is 11.0. The second-order valence-corrected chi connectivity index (χ2v) is 8.58. The lowest BCUT2D eigenvalue weighted by Crippen LogP contribution is -2.39. The van der Waals surface area contributed by atoms with Gasteiger partial charge in [-0.1, -0.05) is 23.7 Å². The highest BCUT2D eigenvalue weighted by atomic mass is 35.5. The Balaban J connectivity index is 1.33. The van der Waals surface area contributed by atoms with Crippen molar-refractivity contribution in [2.45, 2.75) is 19.4 Å². The Labute approximate surface area is 187 Å². The molecule has 0 spiro atoms. The van der Waals surface area contributed by atoms with E-state index in [9.17, 15) is 9.59 Å². The monoisotopic (exact) mass is 436 g/mol. The molecule has 2 aromatic rings. The lowest BCUT2D eigenvalue weighted by molar-refractivity contribution is -0.135. The number of amides is 2. The number of benzene rings is 2. The van der Waals surface area contributed by atoms with Crippen molar-refractivity contribution in [3.05, 3.63) is 64.7 Å². The number of hydrogen-bond donors (Lipinski definition) is 0.